The molecule has 0 saturated heterocycles. The molecule has 1 aromatic carbocycles. The van der Waals surface area contributed by atoms with Crippen molar-refractivity contribution in [3.05, 3.63) is 40.3 Å². The Morgan fingerprint density at radius 1 is 1.22 bits per heavy atom. The third-order valence-electron chi connectivity index (χ3n) is 4.10. The number of methoxy groups -OCH3 is 1. The van der Waals surface area contributed by atoms with Crippen LogP contribution in [-0.2, 0) is 18.6 Å². The number of nitrogens with two attached hydrogens (primary N) is 1. The van der Waals surface area contributed by atoms with Crippen LogP contribution in [0, 0.1) is 0 Å². The maximum atomic E-state index is 6.21. The molecule has 2 aromatic heterocycles. The first-order valence-electron chi connectivity index (χ1n) is 7.58. The first-order chi connectivity index (χ1) is 11.2. The van der Waals surface area contributed by atoms with Gasteiger partial charge in [0.15, 0.2) is 5.16 Å². The molecular formula is C17H17N3OS2. The topological polar surface area (TPSA) is 61.0 Å². The van der Waals surface area contributed by atoms with Crippen LogP contribution in [0.5, 0.6) is 5.75 Å². The maximum Gasteiger partial charge on any atom is 0.191 e. The lowest BCUT2D eigenvalue weighted by Gasteiger charge is -2.05. The SMILES string of the molecule is COc1ccc(CSc2nc(N)c3c4c(sc3n2)CCC4)cc1. The van der Waals surface area contributed by atoms with Crippen LogP contribution in [0.25, 0.3) is 10.2 Å². The normalized spacial score (nSPS) is 13.4. The summed E-state index contributed by atoms with van der Waals surface area (Å²) >= 11 is 3.40. The summed E-state index contributed by atoms with van der Waals surface area (Å²) in [6, 6.07) is 8.07. The number of anilines is 1. The molecule has 0 radical (unpaired) electrons. The first-order valence-corrected chi connectivity index (χ1v) is 9.38. The van der Waals surface area contributed by atoms with Crippen LogP contribution in [-0.4, -0.2) is 17.1 Å². The fourth-order valence-corrected chi connectivity index (χ4v) is 5.07. The Kier molecular flexibility index (Phi) is 3.87. The van der Waals surface area contributed by atoms with Crippen molar-refractivity contribution < 1.29 is 4.74 Å². The highest BCUT2D eigenvalue weighted by molar-refractivity contribution is 7.98. The average Bonchev–Trinajstić information content (AvgIpc) is 3.13. The molecule has 0 aliphatic heterocycles. The number of hydrogen-bond donors (Lipinski definition) is 1. The van der Waals surface area contributed by atoms with Crippen LogP contribution in [0.1, 0.15) is 22.4 Å². The van der Waals surface area contributed by atoms with Gasteiger partial charge in [-0.1, -0.05) is 23.9 Å². The van der Waals surface area contributed by atoms with Gasteiger partial charge in [-0.2, -0.15) is 0 Å². The second-order valence-corrected chi connectivity index (χ2v) is 7.59. The molecule has 2 N–H and O–H groups in total. The predicted octanol–water partition coefficient (Wildman–Crippen LogP) is 4.06. The average molecular weight is 343 g/mol. The lowest BCUT2D eigenvalue weighted by Crippen LogP contribution is -1.97. The molecule has 0 spiro atoms. The van der Waals surface area contributed by atoms with Crippen molar-refractivity contribution in [1.29, 1.82) is 0 Å². The van der Waals surface area contributed by atoms with E-state index in [1.807, 2.05) is 12.1 Å². The van der Waals surface area contributed by atoms with E-state index in [1.54, 1.807) is 30.2 Å². The van der Waals surface area contributed by atoms with Gasteiger partial charge in [0.25, 0.3) is 0 Å². The minimum Gasteiger partial charge on any atom is -0.497 e. The van der Waals surface area contributed by atoms with E-state index in [9.17, 15) is 0 Å². The molecule has 0 saturated carbocycles. The Morgan fingerprint density at radius 2 is 2.04 bits per heavy atom. The highest BCUT2D eigenvalue weighted by Gasteiger charge is 2.21. The van der Waals surface area contributed by atoms with Gasteiger partial charge in [-0.15, -0.1) is 11.3 Å². The molecule has 1 aliphatic carbocycles. The smallest absolute Gasteiger partial charge is 0.191 e. The summed E-state index contributed by atoms with van der Waals surface area (Å²) in [5.41, 5.74) is 8.81. The number of rotatable bonds is 4. The zero-order valence-electron chi connectivity index (χ0n) is 12.8. The molecule has 2 heterocycles. The van der Waals surface area contributed by atoms with Crippen LogP contribution in [0.15, 0.2) is 29.4 Å². The number of nitrogens with zero attached hydrogens (tertiary/aromatic N) is 2. The second-order valence-electron chi connectivity index (χ2n) is 5.57. The van der Waals surface area contributed by atoms with Crippen LogP contribution in [0.4, 0.5) is 5.82 Å². The minimum atomic E-state index is 0.631. The standard InChI is InChI=1S/C17H17N3OS2/c1-21-11-7-5-10(6-8-11)9-22-17-19-15(18)14-12-3-2-4-13(12)23-16(14)20-17/h5-8H,2-4,9H2,1H3,(H2,18,19,20). The van der Waals surface area contributed by atoms with Gasteiger partial charge in [-0.3, -0.25) is 0 Å². The van der Waals surface area contributed by atoms with E-state index in [0.29, 0.717) is 5.82 Å². The third kappa shape index (κ3) is 2.77. The monoisotopic (exact) mass is 343 g/mol. The molecule has 4 nitrogen and oxygen atoms in total. The molecule has 23 heavy (non-hydrogen) atoms. The molecule has 0 atom stereocenters. The number of nitrogen functional groups attached to an aromatic ring is 1. The van der Waals surface area contributed by atoms with Crippen molar-refractivity contribution >= 4 is 39.1 Å². The number of thioether (sulfide) groups is 1. The zero-order chi connectivity index (χ0) is 15.8. The summed E-state index contributed by atoms with van der Waals surface area (Å²) < 4.78 is 5.18. The molecule has 0 unspecified atom stereocenters. The van der Waals surface area contributed by atoms with Crippen molar-refractivity contribution in [2.24, 2.45) is 0 Å². The van der Waals surface area contributed by atoms with E-state index < -0.39 is 0 Å². The molecule has 0 fully saturated rings. The van der Waals surface area contributed by atoms with Gasteiger partial charge in [0, 0.05) is 10.6 Å². The van der Waals surface area contributed by atoms with Gasteiger partial charge in [-0.25, -0.2) is 9.97 Å². The Balaban J connectivity index is 1.57. The van der Waals surface area contributed by atoms with E-state index in [0.717, 1.165) is 39.7 Å². The second kappa shape index (κ2) is 6.02. The van der Waals surface area contributed by atoms with Crippen LogP contribution >= 0.6 is 23.1 Å². The summed E-state index contributed by atoms with van der Waals surface area (Å²) in [6.45, 7) is 0. The van der Waals surface area contributed by atoms with Gasteiger partial charge in [-0.05, 0) is 42.5 Å². The van der Waals surface area contributed by atoms with Gasteiger partial charge >= 0.3 is 0 Å². The Morgan fingerprint density at radius 3 is 2.83 bits per heavy atom. The number of aromatic nitrogens is 2. The zero-order valence-corrected chi connectivity index (χ0v) is 14.5. The van der Waals surface area contributed by atoms with E-state index in [1.165, 1.54) is 22.4 Å². The minimum absolute atomic E-state index is 0.631. The van der Waals surface area contributed by atoms with E-state index in [-0.39, 0.29) is 0 Å². The Hall–Kier alpha value is -1.79. The molecule has 4 rings (SSSR count). The van der Waals surface area contributed by atoms with Crippen LogP contribution < -0.4 is 10.5 Å². The lowest BCUT2D eigenvalue weighted by atomic mass is 10.2. The summed E-state index contributed by atoms with van der Waals surface area (Å²) in [4.78, 5) is 11.7. The first kappa shape index (κ1) is 14.8. The Labute approximate surface area is 143 Å². The van der Waals surface area contributed by atoms with Gasteiger partial charge in [0.05, 0.1) is 12.5 Å². The molecule has 1 aliphatic rings. The molecule has 6 heteroatoms. The summed E-state index contributed by atoms with van der Waals surface area (Å²) in [5.74, 6) is 2.32. The largest absolute Gasteiger partial charge is 0.497 e. The number of thiophene rings is 1. The van der Waals surface area contributed by atoms with Gasteiger partial charge in [0.2, 0.25) is 0 Å². The molecule has 118 valence electrons. The highest BCUT2D eigenvalue weighted by atomic mass is 32.2. The van der Waals surface area contributed by atoms with E-state index in [2.05, 4.69) is 17.1 Å². The number of fused-ring (bicyclic) bond motifs is 3. The van der Waals surface area contributed by atoms with Crippen molar-refractivity contribution in [3.8, 4) is 5.75 Å². The van der Waals surface area contributed by atoms with Crippen molar-refractivity contribution in [2.45, 2.75) is 30.2 Å². The van der Waals surface area contributed by atoms with Crippen molar-refractivity contribution in [1.82, 2.24) is 9.97 Å². The van der Waals surface area contributed by atoms with E-state index >= 15 is 0 Å². The molecular weight excluding hydrogens is 326 g/mol. The van der Waals surface area contributed by atoms with Crippen LogP contribution in [0.2, 0.25) is 0 Å². The highest BCUT2D eigenvalue weighted by Crippen LogP contribution is 2.39. The molecule has 0 bridgehead atoms. The molecule has 0 amide bonds. The lowest BCUT2D eigenvalue weighted by molar-refractivity contribution is 0.414. The van der Waals surface area contributed by atoms with Crippen molar-refractivity contribution in [2.75, 3.05) is 12.8 Å². The van der Waals surface area contributed by atoms with Crippen LogP contribution in [0.3, 0.4) is 0 Å². The fourth-order valence-electron chi connectivity index (χ4n) is 2.94. The number of aryl methyl sites for hydroxylation is 2. The third-order valence-corrected chi connectivity index (χ3v) is 6.20. The molecule has 3 aromatic rings. The number of benzene rings is 1. The van der Waals surface area contributed by atoms with Gasteiger partial charge in [0.1, 0.15) is 16.4 Å². The predicted molar refractivity (Wildman–Crippen MR) is 96.4 cm³/mol. The summed E-state index contributed by atoms with van der Waals surface area (Å²) in [7, 11) is 1.67. The quantitative estimate of drug-likeness (QED) is 0.572. The number of ether oxygens (including phenoxy) is 1. The summed E-state index contributed by atoms with van der Waals surface area (Å²) in [5, 5.41) is 1.85. The van der Waals surface area contributed by atoms with Crippen molar-refractivity contribution in [3.63, 3.8) is 0 Å². The maximum absolute atomic E-state index is 6.21. The number of hydrogen-bond acceptors (Lipinski definition) is 6. The van der Waals surface area contributed by atoms with E-state index in [4.69, 9.17) is 15.5 Å². The summed E-state index contributed by atoms with van der Waals surface area (Å²) in [6.07, 6.45) is 3.50. The Bertz CT molecular complexity index is 858. The fraction of sp³-hybridized carbons (Fsp3) is 0.294. The van der Waals surface area contributed by atoms with Gasteiger partial charge < -0.3 is 10.5 Å².